The van der Waals surface area contributed by atoms with Gasteiger partial charge >= 0.3 is 0 Å². The topological polar surface area (TPSA) is 81.5 Å². The number of carbonyl (C=O) groups is 1. The average molecular weight is 342 g/mol. The fourth-order valence-electron chi connectivity index (χ4n) is 2.38. The zero-order chi connectivity index (χ0) is 18.1. The Kier molecular flexibility index (Phi) is 6.95. The first-order chi connectivity index (χ1) is 12.1. The number of nitro groups is 1. The number of amides is 1. The van der Waals surface area contributed by atoms with Gasteiger partial charge in [0.05, 0.1) is 11.5 Å². The molecule has 0 aliphatic rings. The van der Waals surface area contributed by atoms with Gasteiger partial charge in [-0.15, -0.1) is 0 Å². The summed E-state index contributed by atoms with van der Waals surface area (Å²) in [7, 11) is 0. The third-order valence-electron chi connectivity index (χ3n) is 3.68. The number of hydrogen-bond donors (Lipinski definition) is 1. The number of para-hydroxylation sites is 1. The van der Waals surface area contributed by atoms with E-state index in [0.29, 0.717) is 18.7 Å². The van der Waals surface area contributed by atoms with Gasteiger partial charge in [0.1, 0.15) is 5.75 Å². The van der Waals surface area contributed by atoms with Crippen LogP contribution >= 0.6 is 0 Å². The molecule has 0 spiro atoms. The summed E-state index contributed by atoms with van der Waals surface area (Å²) in [6.45, 7) is 3.28. The number of carbonyl (C=O) groups excluding carboxylic acids is 1. The van der Waals surface area contributed by atoms with Crippen molar-refractivity contribution in [2.75, 3.05) is 13.2 Å². The van der Waals surface area contributed by atoms with E-state index >= 15 is 0 Å². The van der Waals surface area contributed by atoms with Gasteiger partial charge in [0.2, 0.25) is 0 Å². The van der Waals surface area contributed by atoms with Crippen LogP contribution in [-0.4, -0.2) is 24.0 Å². The van der Waals surface area contributed by atoms with Crippen LogP contribution < -0.4 is 10.1 Å². The van der Waals surface area contributed by atoms with Gasteiger partial charge in [-0.05, 0) is 43.0 Å². The van der Waals surface area contributed by atoms with Crippen LogP contribution in [0.4, 0.5) is 5.69 Å². The summed E-state index contributed by atoms with van der Waals surface area (Å²) in [6.07, 6.45) is 2.55. The van der Waals surface area contributed by atoms with E-state index in [1.165, 1.54) is 24.3 Å². The second kappa shape index (κ2) is 9.42. The fourth-order valence-corrected chi connectivity index (χ4v) is 2.38. The van der Waals surface area contributed by atoms with Crippen LogP contribution in [0.1, 0.15) is 35.7 Å². The third kappa shape index (κ3) is 5.60. The molecule has 0 aromatic heterocycles. The van der Waals surface area contributed by atoms with E-state index in [2.05, 4.69) is 12.2 Å². The third-order valence-corrected chi connectivity index (χ3v) is 3.68. The summed E-state index contributed by atoms with van der Waals surface area (Å²) >= 11 is 0. The van der Waals surface area contributed by atoms with E-state index in [0.717, 1.165) is 30.6 Å². The Balaban J connectivity index is 1.81. The maximum Gasteiger partial charge on any atom is 0.269 e. The van der Waals surface area contributed by atoms with Crippen molar-refractivity contribution in [1.29, 1.82) is 0 Å². The number of non-ortho nitro benzene ring substituents is 1. The first-order valence-corrected chi connectivity index (χ1v) is 8.35. The standard InChI is InChI=1S/C19H22N2O4/c1-2-14-25-18-8-4-3-6-15(18)7-5-13-20-19(22)16-9-11-17(12-10-16)21(23)24/h3-4,6,8-12H,2,5,7,13-14H2,1H3,(H,20,22). The lowest BCUT2D eigenvalue weighted by atomic mass is 10.1. The molecule has 6 nitrogen and oxygen atoms in total. The second-order valence-corrected chi connectivity index (χ2v) is 5.62. The number of aryl methyl sites for hydroxylation is 1. The van der Waals surface area contributed by atoms with Gasteiger partial charge in [-0.25, -0.2) is 0 Å². The molecule has 0 fully saturated rings. The molecule has 0 unspecified atom stereocenters. The zero-order valence-corrected chi connectivity index (χ0v) is 14.2. The zero-order valence-electron chi connectivity index (χ0n) is 14.2. The molecular weight excluding hydrogens is 320 g/mol. The van der Waals surface area contributed by atoms with Crippen LogP contribution in [0.25, 0.3) is 0 Å². The molecule has 2 rings (SSSR count). The summed E-state index contributed by atoms with van der Waals surface area (Å²) < 4.78 is 5.72. The van der Waals surface area contributed by atoms with Gasteiger partial charge < -0.3 is 10.1 Å². The van der Waals surface area contributed by atoms with Crippen LogP contribution in [0.5, 0.6) is 5.75 Å². The summed E-state index contributed by atoms with van der Waals surface area (Å²) in [6, 6.07) is 13.5. The van der Waals surface area contributed by atoms with Gasteiger partial charge in [0, 0.05) is 24.2 Å². The first-order valence-electron chi connectivity index (χ1n) is 8.35. The summed E-state index contributed by atoms with van der Waals surface area (Å²) in [5.41, 5.74) is 1.51. The van der Waals surface area contributed by atoms with Gasteiger partial charge in [0.15, 0.2) is 0 Å². The number of rotatable bonds is 9. The number of nitrogens with zero attached hydrogens (tertiary/aromatic N) is 1. The predicted octanol–water partition coefficient (Wildman–Crippen LogP) is 3.75. The first kappa shape index (κ1) is 18.4. The van der Waals surface area contributed by atoms with E-state index in [-0.39, 0.29) is 11.6 Å². The van der Waals surface area contributed by atoms with Gasteiger partial charge in [-0.1, -0.05) is 25.1 Å². The van der Waals surface area contributed by atoms with Crippen LogP contribution in [0.15, 0.2) is 48.5 Å². The Labute approximate surface area is 147 Å². The summed E-state index contributed by atoms with van der Waals surface area (Å²) in [5, 5.41) is 13.4. The molecule has 1 amide bonds. The van der Waals surface area contributed by atoms with E-state index in [9.17, 15) is 14.9 Å². The molecular formula is C19H22N2O4. The van der Waals surface area contributed by atoms with Crippen molar-refractivity contribution in [3.63, 3.8) is 0 Å². The highest BCUT2D eigenvalue weighted by Crippen LogP contribution is 2.19. The van der Waals surface area contributed by atoms with E-state index < -0.39 is 4.92 Å². The number of benzene rings is 2. The number of ether oxygens (including phenoxy) is 1. The number of nitro benzene ring substituents is 1. The van der Waals surface area contributed by atoms with Crippen molar-refractivity contribution in [2.45, 2.75) is 26.2 Å². The highest BCUT2D eigenvalue weighted by atomic mass is 16.6. The number of hydrogen-bond acceptors (Lipinski definition) is 4. The van der Waals surface area contributed by atoms with Gasteiger partial charge in [-0.2, -0.15) is 0 Å². The van der Waals surface area contributed by atoms with Crippen molar-refractivity contribution in [3.05, 3.63) is 69.8 Å². The van der Waals surface area contributed by atoms with Crippen molar-refractivity contribution in [3.8, 4) is 5.75 Å². The molecule has 0 aliphatic carbocycles. The van der Waals surface area contributed by atoms with E-state index in [1.54, 1.807) is 0 Å². The molecule has 0 aliphatic heterocycles. The quantitative estimate of drug-likeness (QED) is 0.427. The van der Waals surface area contributed by atoms with Gasteiger partial charge in [0.25, 0.3) is 11.6 Å². The normalized spacial score (nSPS) is 10.3. The minimum atomic E-state index is -0.486. The minimum absolute atomic E-state index is 0.0276. The maximum absolute atomic E-state index is 12.0. The molecule has 0 radical (unpaired) electrons. The highest BCUT2D eigenvalue weighted by Gasteiger charge is 2.09. The highest BCUT2D eigenvalue weighted by molar-refractivity contribution is 5.94. The maximum atomic E-state index is 12.0. The lowest BCUT2D eigenvalue weighted by Crippen LogP contribution is -2.24. The smallest absolute Gasteiger partial charge is 0.269 e. The lowest BCUT2D eigenvalue weighted by molar-refractivity contribution is -0.384. The molecule has 6 heteroatoms. The molecule has 0 atom stereocenters. The van der Waals surface area contributed by atoms with E-state index in [1.807, 2.05) is 24.3 Å². The average Bonchev–Trinajstić information content (AvgIpc) is 2.64. The predicted molar refractivity (Wildman–Crippen MR) is 96.0 cm³/mol. The summed E-state index contributed by atoms with van der Waals surface area (Å²) in [4.78, 5) is 22.2. The SMILES string of the molecule is CCCOc1ccccc1CCCNC(=O)c1ccc([N+](=O)[O-])cc1. The Morgan fingerprint density at radius 1 is 1.16 bits per heavy atom. The van der Waals surface area contributed by atoms with E-state index in [4.69, 9.17) is 4.74 Å². The Bertz CT molecular complexity index is 714. The fraction of sp³-hybridized carbons (Fsp3) is 0.316. The Morgan fingerprint density at radius 2 is 1.88 bits per heavy atom. The van der Waals surface area contributed by atoms with Crippen molar-refractivity contribution in [1.82, 2.24) is 5.32 Å². The second-order valence-electron chi connectivity index (χ2n) is 5.62. The monoisotopic (exact) mass is 342 g/mol. The Morgan fingerprint density at radius 3 is 2.56 bits per heavy atom. The molecule has 2 aromatic carbocycles. The Hall–Kier alpha value is -2.89. The molecule has 0 saturated carbocycles. The van der Waals surface area contributed by atoms with Crippen molar-refractivity contribution in [2.24, 2.45) is 0 Å². The van der Waals surface area contributed by atoms with Crippen molar-refractivity contribution < 1.29 is 14.5 Å². The molecule has 1 N–H and O–H groups in total. The number of nitrogens with one attached hydrogen (secondary N) is 1. The van der Waals surface area contributed by atoms with Crippen LogP contribution in [0, 0.1) is 10.1 Å². The molecule has 0 heterocycles. The molecule has 2 aromatic rings. The molecule has 0 saturated heterocycles. The van der Waals surface area contributed by atoms with Gasteiger partial charge in [-0.3, -0.25) is 14.9 Å². The molecule has 132 valence electrons. The molecule has 25 heavy (non-hydrogen) atoms. The molecule has 0 bridgehead atoms. The largest absolute Gasteiger partial charge is 0.493 e. The van der Waals surface area contributed by atoms with Crippen LogP contribution in [-0.2, 0) is 6.42 Å². The minimum Gasteiger partial charge on any atom is -0.493 e. The van der Waals surface area contributed by atoms with Crippen LogP contribution in [0.3, 0.4) is 0 Å². The summed E-state index contributed by atoms with van der Waals surface area (Å²) in [5.74, 6) is 0.663. The van der Waals surface area contributed by atoms with Crippen LogP contribution in [0.2, 0.25) is 0 Å². The van der Waals surface area contributed by atoms with Crippen molar-refractivity contribution >= 4 is 11.6 Å². The lowest BCUT2D eigenvalue weighted by Gasteiger charge is -2.11.